The lowest BCUT2D eigenvalue weighted by Crippen LogP contribution is -2.27. The van der Waals surface area contributed by atoms with Gasteiger partial charge in [0.15, 0.2) is 5.65 Å². The highest BCUT2D eigenvalue weighted by Gasteiger charge is 2.22. The molecule has 0 saturated heterocycles. The van der Waals surface area contributed by atoms with Crippen molar-refractivity contribution < 1.29 is 4.79 Å². The van der Waals surface area contributed by atoms with E-state index in [-0.39, 0.29) is 5.91 Å². The largest absolute Gasteiger partial charge is 0.354 e. The van der Waals surface area contributed by atoms with Crippen LogP contribution < -0.4 is 10.6 Å². The van der Waals surface area contributed by atoms with Crippen LogP contribution in [0, 0.1) is 0 Å². The number of aromatic nitrogens is 4. The zero-order chi connectivity index (χ0) is 17.8. The fourth-order valence-corrected chi connectivity index (χ4v) is 2.70. The SMILES string of the molecule is O=C(Nc1ccccc1)C(Nc1ncnc2[nH]ncc12)c1ccccc1. The Bertz CT molecular complexity index is 1020. The summed E-state index contributed by atoms with van der Waals surface area (Å²) in [7, 11) is 0. The average Bonchev–Trinajstić information content (AvgIpc) is 3.17. The number of anilines is 2. The molecule has 1 unspecified atom stereocenters. The summed E-state index contributed by atoms with van der Waals surface area (Å²) in [5.74, 6) is 0.360. The zero-order valence-electron chi connectivity index (χ0n) is 13.8. The third-order valence-electron chi connectivity index (χ3n) is 3.97. The van der Waals surface area contributed by atoms with Crippen LogP contribution in [0.5, 0.6) is 0 Å². The van der Waals surface area contributed by atoms with E-state index >= 15 is 0 Å². The fraction of sp³-hybridized carbons (Fsp3) is 0.0526. The number of benzene rings is 2. The molecule has 3 N–H and O–H groups in total. The number of hydrogen-bond donors (Lipinski definition) is 3. The maximum Gasteiger partial charge on any atom is 0.251 e. The third-order valence-corrected chi connectivity index (χ3v) is 3.97. The van der Waals surface area contributed by atoms with Gasteiger partial charge in [-0.2, -0.15) is 5.10 Å². The number of H-pyrrole nitrogens is 1. The standard InChI is InChI=1S/C19H16N6O/c26-19(23-14-9-5-2-6-10-14)16(13-7-3-1-4-8-13)24-17-15-11-22-25-18(15)21-12-20-17/h1-12,16H,(H,23,26)(H2,20,21,22,24,25). The van der Waals surface area contributed by atoms with Gasteiger partial charge in [-0.25, -0.2) is 9.97 Å². The van der Waals surface area contributed by atoms with Crippen LogP contribution in [0.4, 0.5) is 11.5 Å². The van der Waals surface area contributed by atoms with E-state index in [9.17, 15) is 4.79 Å². The molecule has 2 aromatic heterocycles. The molecule has 0 fully saturated rings. The van der Waals surface area contributed by atoms with Crippen molar-refractivity contribution in [3.05, 3.63) is 78.8 Å². The molecule has 0 aliphatic rings. The van der Waals surface area contributed by atoms with Gasteiger partial charge in [-0.3, -0.25) is 9.89 Å². The Hall–Kier alpha value is -3.74. The molecule has 4 aromatic rings. The van der Waals surface area contributed by atoms with Crippen LogP contribution in [-0.4, -0.2) is 26.1 Å². The predicted octanol–water partition coefficient (Wildman–Crippen LogP) is 3.14. The second-order valence-corrected chi connectivity index (χ2v) is 5.70. The van der Waals surface area contributed by atoms with Crippen molar-refractivity contribution >= 4 is 28.4 Å². The fourth-order valence-electron chi connectivity index (χ4n) is 2.70. The summed E-state index contributed by atoms with van der Waals surface area (Å²) in [5, 5.41) is 13.7. The lowest BCUT2D eigenvalue weighted by molar-refractivity contribution is -0.117. The van der Waals surface area contributed by atoms with Crippen molar-refractivity contribution in [2.24, 2.45) is 0 Å². The van der Waals surface area contributed by atoms with Crippen LogP contribution in [-0.2, 0) is 4.79 Å². The number of carbonyl (C=O) groups is 1. The van der Waals surface area contributed by atoms with Crippen LogP contribution in [0.15, 0.2) is 73.2 Å². The molecule has 0 bridgehead atoms. The molecule has 1 atom stereocenters. The Labute approximate surface area is 149 Å². The molecule has 26 heavy (non-hydrogen) atoms. The van der Waals surface area contributed by atoms with Crippen LogP contribution in [0.25, 0.3) is 11.0 Å². The Morgan fingerprint density at radius 2 is 1.69 bits per heavy atom. The van der Waals surface area contributed by atoms with Gasteiger partial charge in [-0.15, -0.1) is 0 Å². The number of nitrogens with one attached hydrogen (secondary N) is 3. The lowest BCUT2D eigenvalue weighted by atomic mass is 10.1. The molecule has 4 rings (SSSR count). The van der Waals surface area contributed by atoms with Crippen molar-refractivity contribution in [3.63, 3.8) is 0 Å². The van der Waals surface area contributed by atoms with Crippen molar-refractivity contribution in [1.82, 2.24) is 20.2 Å². The van der Waals surface area contributed by atoms with Crippen molar-refractivity contribution in [3.8, 4) is 0 Å². The second kappa shape index (κ2) is 7.02. The molecule has 2 aromatic carbocycles. The van der Waals surface area contributed by atoms with E-state index in [0.29, 0.717) is 11.5 Å². The second-order valence-electron chi connectivity index (χ2n) is 5.70. The summed E-state index contributed by atoms with van der Waals surface area (Å²) in [5.41, 5.74) is 2.17. The summed E-state index contributed by atoms with van der Waals surface area (Å²) in [6, 6.07) is 18.2. The number of amides is 1. The van der Waals surface area contributed by atoms with Crippen LogP contribution in [0.1, 0.15) is 11.6 Å². The molecule has 0 aliphatic carbocycles. The Balaban J connectivity index is 1.67. The smallest absolute Gasteiger partial charge is 0.251 e. The molecule has 2 heterocycles. The minimum atomic E-state index is -0.621. The van der Waals surface area contributed by atoms with Crippen molar-refractivity contribution in [1.29, 1.82) is 0 Å². The number of para-hydroxylation sites is 1. The van der Waals surface area contributed by atoms with Gasteiger partial charge in [0.05, 0.1) is 11.6 Å². The van der Waals surface area contributed by atoms with Gasteiger partial charge in [-0.05, 0) is 17.7 Å². The van der Waals surface area contributed by atoms with Crippen molar-refractivity contribution in [2.75, 3.05) is 10.6 Å². The molecule has 0 radical (unpaired) electrons. The predicted molar refractivity (Wildman–Crippen MR) is 99.6 cm³/mol. The molecular formula is C19H16N6O. The number of fused-ring (bicyclic) bond motifs is 1. The molecule has 7 nitrogen and oxygen atoms in total. The van der Waals surface area contributed by atoms with Crippen molar-refractivity contribution in [2.45, 2.75) is 6.04 Å². The Kier molecular flexibility index (Phi) is 4.26. The highest BCUT2D eigenvalue weighted by Crippen LogP contribution is 2.24. The summed E-state index contributed by atoms with van der Waals surface area (Å²) in [6.07, 6.45) is 3.06. The number of rotatable bonds is 5. The maximum absolute atomic E-state index is 13.0. The first-order valence-corrected chi connectivity index (χ1v) is 8.13. The van der Waals surface area contributed by atoms with Gasteiger partial charge < -0.3 is 10.6 Å². The lowest BCUT2D eigenvalue weighted by Gasteiger charge is -2.19. The van der Waals surface area contributed by atoms with Gasteiger partial charge in [-0.1, -0.05) is 48.5 Å². The highest BCUT2D eigenvalue weighted by molar-refractivity contribution is 5.98. The molecule has 0 spiro atoms. The Morgan fingerprint density at radius 1 is 0.962 bits per heavy atom. The van der Waals surface area contributed by atoms with Crippen LogP contribution in [0.2, 0.25) is 0 Å². The summed E-state index contributed by atoms with van der Waals surface area (Å²) >= 11 is 0. The average molecular weight is 344 g/mol. The van der Waals surface area contributed by atoms with Gasteiger partial charge in [0.25, 0.3) is 5.91 Å². The van der Waals surface area contributed by atoms with E-state index < -0.39 is 6.04 Å². The first-order chi connectivity index (χ1) is 12.8. The van der Waals surface area contributed by atoms with Gasteiger partial charge in [0.1, 0.15) is 18.2 Å². The molecular weight excluding hydrogens is 328 g/mol. The van der Waals surface area contributed by atoms with E-state index in [1.54, 1.807) is 6.20 Å². The topological polar surface area (TPSA) is 95.6 Å². The molecule has 7 heteroatoms. The Morgan fingerprint density at radius 3 is 2.46 bits per heavy atom. The minimum absolute atomic E-state index is 0.183. The summed E-state index contributed by atoms with van der Waals surface area (Å²) in [6.45, 7) is 0. The molecule has 0 saturated carbocycles. The monoisotopic (exact) mass is 344 g/mol. The molecule has 128 valence electrons. The van der Waals surface area contributed by atoms with Gasteiger partial charge in [0, 0.05) is 5.69 Å². The van der Waals surface area contributed by atoms with Gasteiger partial charge >= 0.3 is 0 Å². The third kappa shape index (κ3) is 3.23. The normalized spacial score (nSPS) is 11.8. The van der Waals surface area contributed by atoms with E-state index in [2.05, 4.69) is 30.8 Å². The number of carbonyl (C=O) groups excluding carboxylic acids is 1. The number of nitrogens with zero attached hydrogens (tertiary/aromatic N) is 3. The van der Waals surface area contributed by atoms with Gasteiger partial charge in [0.2, 0.25) is 0 Å². The first kappa shape index (κ1) is 15.8. The van der Waals surface area contributed by atoms with E-state index in [0.717, 1.165) is 16.6 Å². The maximum atomic E-state index is 13.0. The van der Waals surface area contributed by atoms with Crippen LogP contribution in [0.3, 0.4) is 0 Å². The highest BCUT2D eigenvalue weighted by atomic mass is 16.2. The number of aromatic amines is 1. The molecule has 1 amide bonds. The van der Waals surface area contributed by atoms with E-state index in [1.807, 2.05) is 60.7 Å². The van der Waals surface area contributed by atoms with E-state index in [1.165, 1.54) is 6.33 Å². The summed E-state index contributed by atoms with van der Waals surface area (Å²) < 4.78 is 0. The summed E-state index contributed by atoms with van der Waals surface area (Å²) in [4.78, 5) is 21.3. The van der Waals surface area contributed by atoms with Crippen LogP contribution >= 0.6 is 0 Å². The quantitative estimate of drug-likeness (QED) is 0.517. The van der Waals surface area contributed by atoms with E-state index in [4.69, 9.17) is 0 Å². The zero-order valence-corrected chi connectivity index (χ0v) is 13.8. The number of hydrogen-bond acceptors (Lipinski definition) is 5. The first-order valence-electron chi connectivity index (χ1n) is 8.13. The molecule has 0 aliphatic heterocycles. The minimum Gasteiger partial charge on any atom is -0.354 e.